The average molecular weight is 298 g/mol. The molecule has 7 heteroatoms. The molecular formula is C13H12ClNO5. The molecule has 0 amide bonds. The molecule has 20 heavy (non-hydrogen) atoms. The van der Waals surface area contributed by atoms with E-state index in [-0.39, 0.29) is 11.5 Å². The van der Waals surface area contributed by atoms with Crippen molar-refractivity contribution < 1.29 is 23.9 Å². The van der Waals surface area contributed by atoms with E-state index in [1.54, 1.807) is 13.0 Å². The molecule has 2 aromatic rings. The Balaban J connectivity index is 2.63. The van der Waals surface area contributed by atoms with E-state index < -0.39 is 5.97 Å². The summed E-state index contributed by atoms with van der Waals surface area (Å²) in [6, 6.07) is 2.89. The molecule has 0 aliphatic carbocycles. The Hall–Kier alpha value is -2.21. The van der Waals surface area contributed by atoms with E-state index in [2.05, 4.69) is 5.16 Å². The van der Waals surface area contributed by atoms with Crippen molar-refractivity contribution in [1.29, 1.82) is 0 Å². The highest BCUT2D eigenvalue weighted by atomic mass is 35.5. The third kappa shape index (κ3) is 2.30. The number of methoxy groups -OCH3 is 2. The summed E-state index contributed by atoms with van der Waals surface area (Å²) >= 11 is 6.12. The summed E-state index contributed by atoms with van der Waals surface area (Å²) in [5, 5.41) is 12.7. The molecule has 1 heterocycles. The van der Waals surface area contributed by atoms with Crippen molar-refractivity contribution in [3.05, 3.63) is 28.4 Å². The Morgan fingerprint density at radius 2 is 1.95 bits per heavy atom. The molecule has 0 radical (unpaired) electrons. The Morgan fingerprint density at radius 3 is 2.45 bits per heavy atom. The summed E-state index contributed by atoms with van der Waals surface area (Å²) < 4.78 is 15.6. The molecule has 2 rings (SSSR count). The SMILES string of the molecule is COc1c(Cl)cc(-c2cc(C(=O)O)no2)c(OC)c1C. The van der Waals surface area contributed by atoms with Crippen molar-refractivity contribution in [2.75, 3.05) is 14.2 Å². The van der Waals surface area contributed by atoms with Crippen LogP contribution < -0.4 is 9.47 Å². The van der Waals surface area contributed by atoms with Gasteiger partial charge in [-0.25, -0.2) is 4.79 Å². The molecule has 0 saturated carbocycles. The Morgan fingerprint density at radius 1 is 1.30 bits per heavy atom. The van der Waals surface area contributed by atoms with Gasteiger partial charge in [0.2, 0.25) is 0 Å². The van der Waals surface area contributed by atoms with Crippen LogP contribution in [-0.2, 0) is 0 Å². The van der Waals surface area contributed by atoms with Gasteiger partial charge in [0, 0.05) is 11.6 Å². The zero-order valence-corrected chi connectivity index (χ0v) is 11.8. The lowest BCUT2D eigenvalue weighted by molar-refractivity contribution is 0.0686. The van der Waals surface area contributed by atoms with Crippen molar-refractivity contribution >= 4 is 17.6 Å². The monoisotopic (exact) mass is 297 g/mol. The molecule has 0 atom stereocenters. The number of carbonyl (C=O) groups is 1. The number of halogens is 1. The Bertz CT molecular complexity index is 665. The number of rotatable bonds is 4. The van der Waals surface area contributed by atoms with Crippen molar-refractivity contribution in [2.45, 2.75) is 6.92 Å². The Kier molecular flexibility index (Phi) is 3.85. The maximum Gasteiger partial charge on any atom is 0.358 e. The van der Waals surface area contributed by atoms with Crippen LogP contribution in [0.15, 0.2) is 16.7 Å². The second kappa shape index (κ2) is 5.42. The highest BCUT2D eigenvalue weighted by molar-refractivity contribution is 6.32. The minimum absolute atomic E-state index is 0.188. The van der Waals surface area contributed by atoms with E-state index >= 15 is 0 Å². The first-order chi connectivity index (χ1) is 9.49. The second-order valence-electron chi connectivity index (χ2n) is 3.98. The second-order valence-corrected chi connectivity index (χ2v) is 4.39. The molecular weight excluding hydrogens is 286 g/mol. The number of hydrogen-bond acceptors (Lipinski definition) is 5. The largest absolute Gasteiger partial charge is 0.496 e. The van der Waals surface area contributed by atoms with Crippen LogP contribution in [0.25, 0.3) is 11.3 Å². The average Bonchev–Trinajstić information content (AvgIpc) is 2.88. The number of ether oxygens (including phenoxy) is 2. The third-order valence-electron chi connectivity index (χ3n) is 2.82. The van der Waals surface area contributed by atoms with E-state index in [0.29, 0.717) is 27.6 Å². The van der Waals surface area contributed by atoms with Gasteiger partial charge in [0.15, 0.2) is 11.5 Å². The molecule has 106 valence electrons. The van der Waals surface area contributed by atoms with Crippen LogP contribution >= 0.6 is 11.6 Å². The van der Waals surface area contributed by atoms with Gasteiger partial charge in [0.1, 0.15) is 11.5 Å². The fraction of sp³-hybridized carbons (Fsp3) is 0.231. The molecule has 0 unspecified atom stereocenters. The van der Waals surface area contributed by atoms with Crippen LogP contribution in [0.4, 0.5) is 0 Å². The molecule has 1 aromatic heterocycles. The highest BCUT2D eigenvalue weighted by Crippen LogP contribution is 2.42. The molecule has 6 nitrogen and oxygen atoms in total. The highest BCUT2D eigenvalue weighted by Gasteiger charge is 2.21. The van der Waals surface area contributed by atoms with Crippen molar-refractivity contribution in [3.8, 4) is 22.8 Å². The normalized spacial score (nSPS) is 10.4. The molecule has 0 aliphatic rings. The predicted octanol–water partition coefficient (Wildman–Crippen LogP) is 3.02. The summed E-state index contributed by atoms with van der Waals surface area (Å²) in [6.45, 7) is 1.78. The van der Waals surface area contributed by atoms with Crippen LogP contribution in [0, 0.1) is 6.92 Å². The van der Waals surface area contributed by atoms with Crippen LogP contribution in [0.2, 0.25) is 5.02 Å². The van der Waals surface area contributed by atoms with Gasteiger partial charge in [-0.3, -0.25) is 0 Å². The topological polar surface area (TPSA) is 81.8 Å². The molecule has 0 spiro atoms. The van der Waals surface area contributed by atoms with Gasteiger partial charge in [-0.05, 0) is 13.0 Å². The van der Waals surface area contributed by atoms with Gasteiger partial charge in [-0.2, -0.15) is 0 Å². The van der Waals surface area contributed by atoms with Crippen molar-refractivity contribution in [3.63, 3.8) is 0 Å². The minimum Gasteiger partial charge on any atom is -0.496 e. The number of carboxylic acid groups (broad SMARTS) is 1. The summed E-state index contributed by atoms with van der Waals surface area (Å²) in [6.07, 6.45) is 0. The summed E-state index contributed by atoms with van der Waals surface area (Å²) in [4.78, 5) is 10.8. The number of aromatic nitrogens is 1. The fourth-order valence-electron chi connectivity index (χ4n) is 1.94. The number of carboxylic acids is 1. The standard InChI is InChI=1S/C13H12ClNO5/c1-6-11(18-2)7(4-8(14)12(6)19-3)10-5-9(13(16)17)15-20-10/h4-5H,1-3H3,(H,16,17). The van der Waals surface area contributed by atoms with E-state index in [9.17, 15) is 4.79 Å². The maximum absolute atomic E-state index is 10.8. The van der Waals surface area contributed by atoms with Gasteiger partial charge in [-0.15, -0.1) is 0 Å². The maximum atomic E-state index is 10.8. The first kappa shape index (κ1) is 14.2. The molecule has 0 bridgehead atoms. The first-order valence-corrected chi connectivity index (χ1v) is 5.98. The zero-order chi connectivity index (χ0) is 14.9. The minimum atomic E-state index is -1.17. The number of aromatic carboxylic acids is 1. The number of nitrogens with zero attached hydrogens (tertiary/aromatic N) is 1. The third-order valence-corrected chi connectivity index (χ3v) is 3.10. The zero-order valence-electron chi connectivity index (χ0n) is 11.1. The fourth-order valence-corrected chi connectivity index (χ4v) is 2.27. The molecule has 1 N–H and O–H groups in total. The Labute approximate surface area is 119 Å². The van der Waals surface area contributed by atoms with Gasteiger partial charge in [0.05, 0.1) is 24.8 Å². The number of benzene rings is 1. The van der Waals surface area contributed by atoms with Crippen LogP contribution in [0.1, 0.15) is 16.1 Å². The molecule has 0 saturated heterocycles. The van der Waals surface area contributed by atoms with E-state index in [1.807, 2.05) is 0 Å². The molecule has 1 aromatic carbocycles. The summed E-state index contributed by atoms with van der Waals surface area (Å²) in [7, 11) is 3.00. The van der Waals surface area contributed by atoms with Crippen LogP contribution in [0.5, 0.6) is 11.5 Å². The van der Waals surface area contributed by atoms with Gasteiger partial charge in [0.25, 0.3) is 0 Å². The van der Waals surface area contributed by atoms with E-state index in [4.69, 9.17) is 30.7 Å². The molecule has 0 aliphatic heterocycles. The predicted molar refractivity (Wildman–Crippen MR) is 71.7 cm³/mol. The van der Waals surface area contributed by atoms with E-state index in [1.165, 1.54) is 20.3 Å². The van der Waals surface area contributed by atoms with Crippen LogP contribution in [0.3, 0.4) is 0 Å². The van der Waals surface area contributed by atoms with Crippen LogP contribution in [-0.4, -0.2) is 30.5 Å². The van der Waals surface area contributed by atoms with Crippen molar-refractivity contribution in [1.82, 2.24) is 5.16 Å². The number of hydrogen-bond donors (Lipinski definition) is 1. The quantitative estimate of drug-likeness (QED) is 0.934. The lowest BCUT2D eigenvalue weighted by Crippen LogP contribution is -1.96. The molecule has 0 fully saturated rings. The van der Waals surface area contributed by atoms with Gasteiger partial charge < -0.3 is 19.1 Å². The first-order valence-electron chi connectivity index (χ1n) is 5.61. The lowest BCUT2D eigenvalue weighted by atomic mass is 10.1. The van der Waals surface area contributed by atoms with E-state index in [0.717, 1.165) is 0 Å². The summed E-state index contributed by atoms with van der Waals surface area (Å²) in [5.74, 6) is 0.0618. The lowest BCUT2D eigenvalue weighted by Gasteiger charge is -2.14. The van der Waals surface area contributed by atoms with Gasteiger partial charge in [-0.1, -0.05) is 16.8 Å². The summed E-state index contributed by atoms with van der Waals surface area (Å²) in [5.41, 5.74) is 1.01. The van der Waals surface area contributed by atoms with Crippen molar-refractivity contribution in [2.24, 2.45) is 0 Å². The smallest absolute Gasteiger partial charge is 0.358 e. The van der Waals surface area contributed by atoms with Gasteiger partial charge >= 0.3 is 5.97 Å².